The maximum Gasteiger partial charge on any atom is 0.390 e. The largest absolute Gasteiger partial charge is 0.469 e. The second-order valence-electron chi connectivity index (χ2n) is 5.37. The van der Waals surface area contributed by atoms with Gasteiger partial charge in [-0.25, -0.2) is 4.98 Å². The molecule has 0 radical (unpaired) electrons. The molecule has 0 amide bonds. The first-order chi connectivity index (χ1) is 12.2. The van der Waals surface area contributed by atoms with Crippen LogP contribution in [0.25, 0.3) is 22.4 Å². The van der Waals surface area contributed by atoms with Crippen molar-refractivity contribution in [1.82, 2.24) is 19.7 Å². The first kappa shape index (κ1) is 14.9. The summed E-state index contributed by atoms with van der Waals surface area (Å²) in [5.74, 6) is 1.16. The molecule has 25 heavy (non-hydrogen) atoms. The Kier molecular flexibility index (Phi) is 3.62. The summed E-state index contributed by atoms with van der Waals surface area (Å²) < 4.78 is 7.02. The summed E-state index contributed by atoms with van der Waals surface area (Å²) in [4.78, 5) is 17.9. The zero-order valence-electron chi connectivity index (χ0n) is 13.0. The summed E-state index contributed by atoms with van der Waals surface area (Å²) >= 11 is 0. The van der Waals surface area contributed by atoms with Crippen LogP contribution < -0.4 is 4.74 Å². The van der Waals surface area contributed by atoms with Gasteiger partial charge in [-0.1, -0.05) is 24.3 Å². The second-order valence-corrected chi connectivity index (χ2v) is 5.37. The molecule has 1 N–H and O–H groups in total. The molecule has 2 heterocycles. The van der Waals surface area contributed by atoms with Gasteiger partial charge in [-0.05, 0) is 29.2 Å². The highest BCUT2D eigenvalue weighted by Crippen LogP contribution is 2.24. The van der Waals surface area contributed by atoms with Crippen molar-refractivity contribution in [2.24, 2.45) is 0 Å². The Hall–Kier alpha value is -3.68. The SMILES string of the molecule is O=[N+]([O-])c1ccn(COc2cccc(-c3nc4ccccc4[nH]3)c2)n1. The number of hydrogen-bond donors (Lipinski definition) is 1. The molecule has 0 saturated heterocycles. The van der Waals surface area contributed by atoms with Gasteiger partial charge < -0.3 is 19.8 Å². The van der Waals surface area contributed by atoms with Crippen molar-refractivity contribution in [2.75, 3.05) is 0 Å². The molecule has 0 aliphatic heterocycles. The summed E-state index contributed by atoms with van der Waals surface area (Å²) in [5.41, 5.74) is 2.75. The normalized spacial score (nSPS) is 10.9. The Bertz CT molecular complexity index is 1020. The van der Waals surface area contributed by atoms with Crippen LogP contribution in [-0.4, -0.2) is 24.7 Å². The molecule has 0 unspecified atom stereocenters. The molecule has 0 bridgehead atoms. The number of aromatic amines is 1. The van der Waals surface area contributed by atoms with E-state index in [1.807, 2.05) is 48.5 Å². The molecule has 124 valence electrons. The van der Waals surface area contributed by atoms with Crippen molar-refractivity contribution in [3.8, 4) is 17.1 Å². The van der Waals surface area contributed by atoms with Gasteiger partial charge in [-0.3, -0.25) is 0 Å². The summed E-state index contributed by atoms with van der Waals surface area (Å²) in [5, 5.41) is 14.5. The third-order valence-electron chi connectivity index (χ3n) is 3.67. The monoisotopic (exact) mass is 335 g/mol. The number of imidazole rings is 1. The zero-order chi connectivity index (χ0) is 17.2. The van der Waals surface area contributed by atoms with Crippen molar-refractivity contribution in [2.45, 2.75) is 6.73 Å². The number of nitro groups is 1. The van der Waals surface area contributed by atoms with Gasteiger partial charge in [0, 0.05) is 5.56 Å². The molecule has 0 aliphatic rings. The van der Waals surface area contributed by atoms with Crippen LogP contribution >= 0.6 is 0 Å². The molecule has 8 nitrogen and oxygen atoms in total. The van der Waals surface area contributed by atoms with Crippen molar-refractivity contribution >= 4 is 16.9 Å². The van der Waals surface area contributed by atoms with Crippen molar-refractivity contribution in [3.63, 3.8) is 0 Å². The van der Waals surface area contributed by atoms with E-state index in [0.29, 0.717) is 5.75 Å². The van der Waals surface area contributed by atoms with Crippen molar-refractivity contribution in [1.29, 1.82) is 0 Å². The van der Waals surface area contributed by atoms with Crippen LogP contribution in [0.3, 0.4) is 0 Å². The number of nitrogens with one attached hydrogen (secondary N) is 1. The van der Waals surface area contributed by atoms with Gasteiger partial charge in [-0.2, -0.15) is 0 Å². The molecule has 0 aliphatic carbocycles. The van der Waals surface area contributed by atoms with E-state index in [9.17, 15) is 10.1 Å². The van der Waals surface area contributed by atoms with Crippen LogP contribution in [-0.2, 0) is 6.73 Å². The lowest BCUT2D eigenvalue weighted by Crippen LogP contribution is -2.06. The van der Waals surface area contributed by atoms with Crippen LogP contribution in [0.4, 0.5) is 5.82 Å². The minimum Gasteiger partial charge on any atom is -0.469 e. The van der Waals surface area contributed by atoms with E-state index in [4.69, 9.17) is 4.74 Å². The lowest BCUT2D eigenvalue weighted by atomic mass is 10.2. The van der Waals surface area contributed by atoms with Crippen LogP contribution in [0.15, 0.2) is 60.8 Å². The average molecular weight is 335 g/mol. The van der Waals surface area contributed by atoms with Crippen LogP contribution in [0.1, 0.15) is 0 Å². The van der Waals surface area contributed by atoms with Gasteiger partial charge in [0.2, 0.25) is 6.73 Å². The van der Waals surface area contributed by atoms with Gasteiger partial charge in [0.05, 0.1) is 28.4 Å². The maximum absolute atomic E-state index is 10.6. The number of hydrogen-bond acceptors (Lipinski definition) is 5. The van der Waals surface area contributed by atoms with Crippen LogP contribution in [0, 0.1) is 10.1 Å². The predicted molar refractivity (Wildman–Crippen MR) is 91.0 cm³/mol. The van der Waals surface area contributed by atoms with Crippen molar-refractivity contribution in [3.05, 3.63) is 70.9 Å². The molecular formula is C17H13N5O3. The first-order valence-corrected chi connectivity index (χ1v) is 7.55. The van der Waals surface area contributed by atoms with Gasteiger partial charge in [0.25, 0.3) is 0 Å². The van der Waals surface area contributed by atoms with Gasteiger partial charge >= 0.3 is 5.82 Å². The smallest absolute Gasteiger partial charge is 0.390 e. The highest BCUT2D eigenvalue weighted by molar-refractivity contribution is 5.79. The fourth-order valence-corrected chi connectivity index (χ4v) is 2.48. The molecule has 4 rings (SSSR count). The third-order valence-corrected chi connectivity index (χ3v) is 3.67. The fraction of sp³-hybridized carbons (Fsp3) is 0.0588. The average Bonchev–Trinajstić information content (AvgIpc) is 3.27. The number of nitrogens with zero attached hydrogens (tertiary/aromatic N) is 4. The van der Waals surface area contributed by atoms with E-state index in [-0.39, 0.29) is 12.5 Å². The van der Waals surface area contributed by atoms with Crippen molar-refractivity contribution < 1.29 is 9.66 Å². The highest BCUT2D eigenvalue weighted by Gasteiger charge is 2.11. The Morgan fingerprint density at radius 2 is 2.04 bits per heavy atom. The van der Waals surface area contributed by atoms with Gasteiger partial charge in [0.1, 0.15) is 11.6 Å². The number of benzene rings is 2. The summed E-state index contributed by atoms with van der Waals surface area (Å²) in [6.45, 7) is 0.0808. The minimum atomic E-state index is -0.543. The Labute approximate surface area is 141 Å². The zero-order valence-corrected chi connectivity index (χ0v) is 13.0. The van der Waals surface area contributed by atoms with E-state index in [0.717, 1.165) is 22.4 Å². The quantitative estimate of drug-likeness (QED) is 0.445. The van der Waals surface area contributed by atoms with Gasteiger partial charge in [0.15, 0.2) is 0 Å². The number of H-pyrrole nitrogens is 1. The third kappa shape index (κ3) is 3.05. The lowest BCUT2D eigenvalue weighted by Gasteiger charge is -2.05. The Balaban J connectivity index is 1.53. The molecule has 4 aromatic rings. The number of fused-ring (bicyclic) bond motifs is 1. The topological polar surface area (TPSA) is 98.9 Å². The van der Waals surface area contributed by atoms with E-state index in [2.05, 4.69) is 15.1 Å². The molecule has 2 aromatic heterocycles. The molecule has 0 atom stereocenters. The van der Waals surface area contributed by atoms with E-state index in [1.54, 1.807) is 0 Å². The first-order valence-electron chi connectivity index (χ1n) is 7.55. The Morgan fingerprint density at radius 1 is 1.16 bits per heavy atom. The van der Waals surface area contributed by atoms with Crippen LogP contribution in [0.5, 0.6) is 5.75 Å². The minimum absolute atomic E-state index is 0.0808. The van der Waals surface area contributed by atoms with E-state index in [1.165, 1.54) is 16.9 Å². The Morgan fingerprint density at radius 3 is 2.84 bits per heavy atom. The fourth-order valence-electron chi connectivity index (χ4n) is 2.48. The number of para-hydroxylation sites is 2. The summed E-state index contributed by atoms with van der Waals surface area (Å²) in [6.07, 6.45) is 1.50. The lowest BCUT2D eigenvalue weighted by molar-refractivity contribution is -0.389. The highest BCUT2D eigenvalue weighted by atomic mass is 16.6. The van der Waals surface area contributed by atoms with E-state index >= 15 is 0 Å². The molecule has 0 fully saturated rings. The van der Waals surface area contributed by atoms with E-state index < -0.39 is 4.92 Å². The molecular weight excluding hydrogens is 322 g/mol. The molecule has 2 aromatic carbocycles. The number of rotatable bonds is 5. The number of aromatic nitrogens is 4. The molecule has 8 heteroatoms. The standard InChI is InChI=1S/C17H13N5O3/c23-22(24)16-8-9-21(20-16)11-25-13-5-3-4-12(10-13)17-18-14-6-1-2-7-15(14)19-17/h1-10H,11H2,(H,18,19). The molecule has 0 spiro atoms. The molecule has 0 saturated carbocycles. The summed E-state index contributed by atoms with van der Waals surface area (Å²) in [7, 11) is 0. The summed E-state index contributed by atoms with van der Waals surface area (Å²) in [6, 6.07) is 16.6. The second kappa shape index (κ2) is 6.08. The maximum atomic E-state index is 10.6. The number of ether oxygens (including phenoxy) is 1. The van der Waals surface area contributed by atoms with Crippen LogP contribution in [0.2, 0.25) is 0 Å². The predicted octanol–water partition coefficient (Wildman–Crippen LogP) is 3.37. The van der Waals surface area contributed by atoms with Gasteiger partial charge in [-0.15, -0.1) is 4.68 Å².